The fourth-order valence-electron chi connectivity index (χ4n) is 1.11. The molecule has 0 atom stereocenters. The van der Waals surface area contributed by atoms with Gasteiger partial charge in [-0.3, -0.25) is 4.98 Å². The van der Waals surface area contributed by atoms with Crippen molar-refractivity contribution in [3.63, 3.8) is 0 Å². The smallest absolute Gasteiger partial charge is 0.0797 e. The number of nitrogens with two attached hydrogens (primary N) is 1. The lowest BCUT2D eigenvalue weighted by Crippen LogP contribution is -1.84. The molecule has 2 N–H and O–H groups in total. The number of hydrogen-bond acceptors (Lipinski definition) is 3. The van der Waals surface area contributed by atoms with Gasteiger partial charge in [-0.25, -0.2) is 0 Å². The maximum Gasteiger partial charge on any atom is 0.0797 e. The van der Waals surface area contributed by atoms with Gasteiger partial charge < -0.3 is 5.73 Å². The lowest BCUT2D eigenvalue weighted by molar-refractivity contribution is 1.42. The van der Waals surface area contributed by atoms with E-state index in [1.54, 1.807) is 11.3 Å². The van der Waals surface area contributed by atoms with Crippen molar-refractivity contribution >= 4 is 33.0 Å². The first-order valence-electron chi connectivity index (χ1n) is 3.70. The Labute approximate surface area is 88.6 Å². The van der Waals surface area contributed by atoms with Crippen LogP contribution in [0.2, 0.25) is 0 Å². The standard InChI is InChI=1S/C9H7BrN2S/c10-7-1-6(2-8(11)3-7)9-4-12-5-13-9/h1-5H,11H2. The van der Waals surface area contributed by atoms with Gasteiger partial charge in [-0.05, 0) is 23.8 Å². The first-order valence-corrected chi connectivity index (χ1v) is 5.38. The number of nitrogen functional groups attached to an aromatic ring is 1. The van der Waals surface area contributed by atoms with Gasteiger partial charge in [-0.1, -0.05) is 15.9 Å². The summed E-state index contributed by atoms with van der Waals surface area (Å²) in [5.74, 6) is 0. The first kappa shape index (κ1) is 8.72. The van der Waals surface area contributed by atoms with Gasteiger partial charge in [0.1, 0.15) is 0 Å². The van der Waals surface area contributed by atoms with Crippen molar-refractivity contribution in [3.05, 3.63) is 34.4 Å². The largest absolute Gasteiger partial charge is 0.399 e. The minimum Gasteiger partial charge on any atom is -0.399 e. The number of halogens is 1. The Morgan fingerprint density at radius 3 is 2.77 bits per heavy atom. The van der Waals surface area contributed by atoms with Crippen LogP contribution < -0.4 is 5.73 Å². The molecule has 0 aliphatic rings. The Kier molecular flexibility index (Phi) is 2.33. The number of benzene rings is 1. The zero-order valence-corrected chi connectivity index (χ0v) is 9.10. The quantitative estimate of drug-likeness (QED) is 0.795. The van der Waals surface area contributed by atoms with Crippen LogP contribution in [0.4, 0.5) is 5.69 Å². The van der Waals surface area contributed by atoms with Crippen molar-refractivity contribution in [2.45, 2.75) is 0 Å². The van der Waals surface area contributed by atoms with Gasteiger partial charge in [0.05, 0.1) is 10.4 Å². The van der Waals surface area contributed by atoms with E-state index in [0.29, 0.717) is 0 Å². The molecule has 2 nitrogen and oxygen atoms in total. The molecule has 1 aromatic carbocycles. The molecule has 0 aliphatic heterocycles. The maximum atomic E-state index is 5.72. The minimum absolute atomic E-state index is 0.762. The molecular weight excluding hydrogens is 248 g/mol. The van der Waals surface area contributed by atoms with Crippen LogP contribution in [0.25, 0.3) is 10.4 Å². The van der Waals surface area contributed by atoms with Crippen LogP contribution in [0.1, 0.15) is 0 Å². The lowest BCUT2D eigenvalue weighted by Gasteiger charge is -2.00. The highest BCUT2D eigenvalue weighted by Gasteiger charge is 2.01. The zero-order chi connectivity index (χ0) is 9.26. The zero-order valence-electron chi connectivity index (χ0n) is 6.70. The Bertz CT molecular complexity index is 391. The van der Waals surface area contributed by atoms with Gasteiger partial charge in [0.2, 0.25) is 0 Å². The Hall–Kier alpha value is -0.870. The average Bonchev–Trinajstić information content (AvgIpc) is 2.53. The molecule has 13 heavy (non-hydrogen) atoms. The fourth-order valence-corrected chi connectivity index (χ4v) is 2.23. The fraction of sp³-hybridized carbons (Fsp3) is 0. The van der Waals surface area contributed by atoms with Crippen molar-refractivity contribution in [3.8, 4) is 10.4 Å². The van der Waals surface area contributed by atoms with Crippen molar-refractivity contribution in [1.29, 1.82) is 0 Å². The normalized spacial score (nSPS) is 10.2. The summed E-state index contributed by atoms with van der Waals surface area (Å²) < 4.78 is 0.996. The van der Waals surface area contributed by atoms with Crippen LogP contribution >= 0.6 is 27.3 Å². The Morgan fingerprint density at radius 2 is 2.15 bits per heavy atom. The van der Waals surface area contributed by atoms with Crippen molar-refractivity contribution in [1.82, 2.24) is 4.98 Å². The summed E-state index contributed by atoms with van der Waals surface area (Å²) in [4.78, 5) is 5.15. The molecule has 1 heterocycles. The molecule has 0 unspecified atom stereocenters. The van der Waals surface area contributed by atoms with E-state index in [1.807, 2.05) is 29.9 Å². The number of aromatic nitrogens is 1. The van der Waals surface area contributed by atoms with E-state index in [2.05, 4.69) is 20.9 Å². The highest BCUT2D eigenvalue weighted by Crippen LogP contribution is 2.28. The summed E-state index contributed by atoms with van der Waals surface area (Å²) in [5.41, 5.74) is 9.40. The van der Waals surface area contributed by atoms with E-state index in [4.69, 9.17) is 5.73 Å². The molecule has 0 bridgehead atoms. The number of thiazole rings is 1. The maximum absolute atomic E-state index is 5.72. The third kappa shape index (κ3) is 1.89. The molecule has 0 saturated carbocycles. The third-order valence-electron chi connectivity index (χ3n) is 1.64. The highest BCUT2D eigenvalue weighted by molar-refractivity contribution is 9.10. The third-order valence-corrected chi connectivity index (χ3v) is 2.92. The van der Waals surface area contributed by atoms with E-state index in [0.717, 1.165) is 20.6 Å². The van der Waals surface area contributed by atoms with Gasteiger partial charge in [0.15, 0.2) is 0 Å². The van der Waals surface area contributed by atoms with Gasteiger partial charge in [-0.2, -0.15) is 0 Å². The van der Waals surface area contributed by atoms with E-state index in [9.17, 15) is 0 Å². The highest BCUT2D eigenvalue weighted by atomic mass is 79.9. The number of hydrogen-bond donors (Lipinski definition) is 1. The SMILES string of the molecule is Nc1cc(Br)cc(-c2cncs2)c1. The van der Waals surface area contributed by atoms with Gasteiger partial charge in [0, 0.05) is 16.4 Å². The second kappa shape index (κ2) is 3.47. The molecule has 2 aromatic rings. The average molecular weight is 255 g/mol. The van der Waals surface area contributed by atoms with Crippen LogP contribution in [0.5, 0.6) is 0 Å². The summed E-state index contributed by atoms with van der Waals surface area (Å²) >= 11 is 5.01. The molecule has 0 saturated heterocycles. The van der Waals surface area contributed by atoms with Crippen LogP contribution in [-0.2, 0) is 0 Å². The summed E-state index contributed by atoms with van der Waals surface area (Å²) in [5, 5.41) is 0. The predicted octanol–water partition coefficient (Wildman–Crippen LogP) is 3.15. The molecule has 66 valence electrons. The number of anilines is 1. The number of rotatable bonds is 1. The van der Waals surface area contributed by atoms with E-state index < -0.39 is 0 Å². The van der Waals surface area contributed by atoms with Gasteiger partial charge >= 0.3 is 0 Å². The lowest BCUT2D eigenvalue weighted by atomic mass is 10.2. The first-order chi connectivity index (χ1) is 6.25. The van der Waals surface area contributed by atoms with Gasteiger partial charge in [-0.15, -0.1) is 11.3 Å². The number of nitrogens with zero attached hydrogens (tertiary/aromatic N) is 1. The predicted molar refractivity (Wildman–Crippen MR) is 59.7 cm³/mol. The summed E-state index contributed by atoms with van der Waals surface area (Å²) in [6.45, 7) is 0. The summed E-state index contributed by atoms with van der Waals surface area (Å²) in [6, 6.07) is 5.85. The summed E-state index contributed by atoms with van der Waals surface area (Å²) in [7, 11) is 0. The molecule has 1 aromatic heterocycles. The molecule has 0 radical (unpaired) electrons. The Morgan fingerprint density at radius 1 is 1.31 bits per heavy atom. The molecule has 0 aliphatic carbocycles. The van der Waals surface area contributed by atoms with E-state index >= 15 is 0 Å². The molecular formula is C9H7BrN2S. The van der Waals surface area contributed by atoms with Crippen LogP contribution in [0.3, 0.4) is 0 Å². The van der Waals surface area contributed by atoms with Crippen molar-refractivity contribution in [2.24, 2.45) is 0 Å². The van der Waals surface area contributed by atoms with Crippen molar-refractivity contribution < 1.29 is 0 Å². The molecule has 0 amide bonds. The Balaban J connectivity index is 2.53. The van der Waals surface area contributed by atoms with Crippen LogP contribution in [0, 0.1) is 0 Å². The van der Waals surface area contributed by atoms with E-state index in [1.165, 1.54) is 0 Å². The monoisotopic (exact) mass is 254 g/mol. The molecule has 0 fully saturated rings. The second-order valence-electron chi connectivity index (χ2n) is 2.64. The molecule has 0 spiro atoms. The van der Waals surface area contributed by atoms with Crippen molar-refractivity contribution in [2.75, 3.05) is 5.73 Å². The van der Waals surface area contributed by atoms with Crippen LogP contribution in [0.15, 0.2) is 34.4 Å². The molecule has 2 rings (SSSR count). The van der Waals surface area contributed by atoms with E-state index in [-0.39, 0.29) is 0 Å². The second-order valence-corrected chi connectivity index (χ2v) is 4.44. The van der Waals surface area contributed by atoms with Crippen LogP contribution in [-0.4, -0.2) is 4.98 Å². The minimum atomic E-state index is 0.762. The van der Waals surface area contributed by atoms with Gasteiger partial charge in [0.25, 0.3) is 0 Å². The summed E-state index contributed by atoms with van der Waals surface area (Å²) in [6.07, 6.45) is 1.84. The molecule has 4 heteroatoms. The topological polar surface area (TPSA) is 38.9 Å².